The van der Waals surface area contributed by atoms with Gasteiger partial charge in [0.05, 0.1) is 30.4 Å². The second kappa shape index (κ2) is 7.12. The summed E-state index contributed by atoms with van der Waals surface area (Å²) >= 11 is 0. The van der Waals surface area contributed by atoms with Crippen LogP contribution in [0.1, 0.15) is 53.0 Å². The van der Waals surface area contributed by atoms with Crippen molar-refractivity contribution in [3.63, 3.8) is 0 Å². The monoisotopic (exact) mass is 346 g/mol. The third-order valence-corrected chi connectivity index (χ3v) is 5.58. The Morgan fingerprint density at radius 1 is 1.24 bits per heavy atom. The minimum absolute atomic E-state index is 0.152. The van der Waals surface area contributed by atoms with Gasteiger partial charge in [-0.25, -0.2) is 4.79 Å². The molecule has 0 atom stereocenters. The van der Waals surface area contributed by atoms with Crippen LogP contribution in [0.4, 0.5) is 0 Å². The molecule has 1 saturated carbocycles. The smallest absolute Gasteiger partial charge is 0.339 e. The average molecular weight is 346 g/mol. The molecule has 0 saturated heterocycles. The largest absolute Gasteiger partial charge is 0.465 e. The summed E-state index contributed by atoms with van der Waals surface area (Å²) in [6.07, 6.45) is 4.94. The van der Waals surface area contributed by atoms with Gasteiger partial charge in [-0.3, -0.25) is 9.78 Å². The molecule has 1 aliphatic heterocycles. The zero-order valence-corrected chi connectivity index (χ0v) is 15.3. The van der Waals surface area contributed by atoms with E-state index in [2.05, 4.69) is 4.98 Å². The normalized spacial score (nSPS) is 18.8. The molecule has 6 nitrogen and oxygen atoms in total. The Balaban J connectivity index is 1.71. The number of amides is 1. The van der Waals surface area contributed by atoms with Crippen molar-refractivity contribution in [3.8, 4) is 0 Å². The molecule has 2 aliphatic rings. The number of fused-ring (bicyclic) bond motifs is 1. The predicted octanol–water partition coefficient (Wildman–Crippen LogP) is 2.06. The van der Waals surface area contributed by atoms with Crippen molar-refractivity contribution in [2.75, 3.05) is 27.3 Å². The SMILES string of the molecule is COC(=O)c1cc2c(nc1C)CCN(C(=O)CC1(OC)CCC1)CC2. The van der Waals surface area contributed by atoms with E-state index >= 15 is 0 Å². The topological polar surface area (TPSA) is 68.7 Å². The van der Waals surface area contributed by atoms with E-state index in [-0.39, 0.29) is 17.5 Å². The van der Waals surface area contributed by atoms with Crippen LogP contribution in [0.25, 0.3) is 0 Å². The lowest BCUT2D eigenvalue weighted by molar-refractivity contribution is -0.144. The van der Waals surface area contributed by atoms with E-state index < -0.39 is 0 Å². The quantitative estimate of drug-likeness (QED) is 0.781. The molecular weight excluding hydrogens is 320 g/mol. The van der Waals surface area contributed by atoms with E-state index in [4.69, 9.17) is 9.47 Å². The van der Waals surface area contributed by atoms with Gasteiger partial charge in [0.2, 0.25) is 5.91 Å². The molecule has 0 bridgehead atoms. The molecule has 25 heavy (non-hydrogen) atoms. The first-order valence-corrected chi connectivity index (χ1v) is 8.88. The van der Waals surface area contributed by atoms with E-state index in [9.17, 15) is 9.59 Å². The molecule has 1 fully saturated rings. The molecule has 0 radical (unpaired) electrons. The van der Waals surface area contributed by atoms with Crippen LogP contribution in [-0.2, 0) is 27.1 Å². The van der Waals surface area contributed by atoms with Gasteiger partial charge >= 0.3 is 5.97 Å². The molecule has 0 N–H and O–H groups in total. The minimum atomic E-state index is -0.364. The lowest BCUT2D eigenvalue weighted by Crippen LogP contribution is -2.45. The van der Waals surface area contributed by atoms with Gasteiger partial charge in [0, 0.05) is 32.3 Å². The Hall–Kier alpha value is -1.95. The third kappa shape index (κ3) is 3.54. The Kier molecular flexibility index (Phi) is 5.08. The highest BCUT2D eigenvalue weighted by Crippen LogP contribution is 2.38. The molecule has 0 unspecified atom stereocenters. The van der Waals surface area contributed by atoms with Crippen molar-refractivity contribution in [1.82, 2.24) is 9.88 Å². The van der Waals surface area contributed by atoms with Crippen LogP contribution in [-0.4, -0.2) is 54.7 Å². The average Bonchev–Trinajstić information content (AvgIpc) is 2.78. The van der Waals surface area contributed by atoms with E-state index in [1.807, 2.05) is 17.9 Å². The Labute approximate surface area is 148 Å². The van der Waals surface area contributed by atoms with Gasteiger partial charge in [0.1, 0.15) is 0 Å². The van der Waals surface area contributed by atoms with Crippen molar-refractivity contribution in [2.24, 2.45) is 0 Å². The summed E-state index contributed by atoms with van der Waals surface area (Å²) in [7, 11) is 3.08. The highest BCUT2D eigenvalue weighted by Gasteiger charge is 2.40. The van der Waals surface area contributed by atoms with Crippen molar-refractivity contribution < 1.29 is 19.1 Å². The molecule has 3 rings (SSSR count). The van der Waals surface area contributed by atoms with Crippen LogP contribution in [0, 0.1) is 6.92 Å². The number of hydrogen-bond acceptors (Lipinski definition) is 5. The van der Waals surface area contributed by atoms with Crippen LogP contribution in [0.3, 0.4) is 0 Å². The first kappa shape index (κ1) is 17.9. The summed E-state index contributed by atoms with van der Waals surface area (Å²) in [5, 5.41) is 0. The van der Waals surface area contributed by atoms with Crippen LogP contribution >= 0.6 is 0 Å². The Bertz CT molecular complexity index is 677. The molecule has 1 amide bonds. The van der Waals surface area contributed by atoms with Gasteiger partial charge in [-0.2, -0.15) is 0 Å². The fourth-order valence-electron chi connectivity index (χ4n) is 3.72. The summed E-state index contributed by atoms with van der Waals surface area (Å²) < 4.78 is 10.4. The molecule has 136 valence electrons. The molecule has 1 aromatic rings. The van der Waals surface area contributed by atoms with Gasteiger partial charge in [-0.05, 0) is 44.2 Å². The number of ether oxygens (including phenoxy) is 2. The minimum Gasteiger partial charge on any atom is -0.465 e. The third-order valence-electron chi connectivity index (χ3n) is 5.58. The number of pyridine rings is 1. The Morgan fingerprint density at radius 3 is 2.56 bits per heavy atom. The fourth-order valence-corrected chi connectivity index (χ4v) is 3.72. The van der Waals surface area contributed by atoms with Crippen molar-refractivity contribution >= 4 is 11.9 Å². The van der Waals surface area contributed by atoms with E-state index in [0.29, 0.717) is 43.6 Å². The lowest BCUT2D eigenvalue weighted by atomic mass is 9.77. The number of hydrogen-bond donors (Lipinski definition) is 0. The summed E-state index contributed by atoms with van der Waals surface area (Å²) in [6.45, 7) is 3.13. The van der Waals surface area contributed by atoms with Crippen molar-refractivity contribution in [2.45, 2.75) is 51.0 Å². The maximum Gasteiger partial charge on any atom is 0.339 e. The second-order valence-corrected chi connectivity index (χ2v) is 7.02. The predicted molar refractivity (Wildman–Crippen MR) is 92.5 cm³/mol. The first-order valence-electron chi connectivity index (χ1n) is 8.88. The fraction of sp³-hybridized carbons (Fsp3) is 0.632. The molecule has 0 aromatic carbocycles. The summed E-state index contributed by atoms with van der Waals surface area (Å²) in [6, 6.07) is 1.88. The van der Waals surface area contributed by atoms with Crippen molar-refractivity contribution in [1.29, 1.82) is 0 Å². The highest BCUT2D eigenvalue weighted by atomic mass is 16.5. The highest BCUT2D eigenvalue weighted by molar-refractivity contribution is 5.90. The summed E-state index contributed by atoms with van der Waals surface area (Å²) in [5.74, 6) is -0.212. The van der Waals surface area contributed by atoms with Crippen LogP contribution in [0.15, 0.2) is 6.07 Å². The Morgan fingerprint density at radius 2 is 1.96 bits per heavy atom. The standard InChI is InChI=1S/C19H26N2O4/c1-13-15(18(23)24-2)11-14-5-9-21(10-6-16(14)20-13)17(22)12-19(25-3)7-4-8-19/h11H,4-10,12H2,1-3H3. The van der Waals surface area contributed by atoms with Gasteiger partial charge in [0.25, 0.3) is 0 Å². The zero-order chi connectivity index (χ0) is 18.0. The number of aromatic nitrogens is 1. The van der Waals surface area contributed by atoms with Gasteiger partial charge in [0.15, 0.2) is 0 Å². The number of carbonyl (C=O) groups is 2. The van der Waals surface area contributed by atoms with Crippen LogP contribution in [0.5, 0.6) is 0 Å². The molecule has 1 aliphatic carbocycles. The second-order valence-electron chi connectivity index (χ2n) is 7.02. The molecule has 0 spiro atoms. The maximum atomic E-state index is 12.7. The number of aryl methyl sites for hydroxylation is 1. The van der Waals surface area contributed by atoms with Crippen LogP contribution < -0.4 is 0 Å². The van der Waals surface area contributed by atoms with Gasteiger partial charge < -0.3 is 14.4 Å². The van der Waals surface area contributed by atoms with E-state index in [0.717, 1.165) is 30.5 Å². The first-order chi connectivity index (χ1) is 12.0. The summed E-state index contributed by atoms with van der Waals surface area (Å²) in [4.78, 5) is 31.1. The van der Waals surface area contributed by atoms with E-state index in [1.165, 1.54) is 7.11 Å². The zero-order valence-electron chi connectivity index (χ0n) is 15.3. The van der Waals surface area contributed by atoms with E-state index in [1.54, 1.807) is 7.11 Å². The molecule has 2 heterocycles. The summed E-state index contributed by atoms with van der Waals surface area (Å²) in [5.41, 5.74) is 2.95. The lowest BCUT2D eigenvalue weighted by Gasteiger charge is -2.41. The number of methoxy groups -OCH3 is 2. The van der Waals surface area contributed by atoms with Crippen LogP contribution in [0.2, 0.25) is 0 Å². The number of esters is 1. The van der Waals surface area contributed by atoms with Crippen molar-refractivity contribution in [3.05, 3.63) is 28.6 Å². The molecule has 6 heteroatoms. The maximum absolute atomic E-state index is 12.7. The molecular formula is C19H26N2O4. The van der Waals surface area contributed by atoms with Gasteiger partial charge in [-0.15, -0.1) is 0 Å². The number of nitrogens with zero attached hydrogens (tertiary/aromatic N) is 2. The van der Waals surface area contributed by atoms with Gasteiger partial charge in [-0.1, -0.05) is 0 Å². The molecule has 1 aromatic heterocycles. The number of rotatable bonds is 4. The number of carbonyl (C=O) groups excluding carboxylic acids is 2.